The molecule has 0 saturated carbocycles. The number of aryl methyl sites for hydroxylation is 1. The van der Waals surface area contributed by atoms with Crippen molar-refractivity contribution < 1.29 is 9.53 Å². The van der Waals surface area contributed by atoms with E-state index in [0.29, 0.717) is 5.56 Å². The van der Waals surface area contributed by atoms with E-state index in [1.807, 2.05) is 36.6 Å². The number of aromatic nitrogens is 1. The van der Waals surface area contributed by atoms with Gasteiger partial charge in [-0.1, -0.05) is 42.0 Å². The first-order valence-electron chi connectivity index (χ1n) is 8.00. The van der Waals surface area contributed by atoms with Crippen LogP contribution in [0.25, 0.3) is 16.6 Å². The Morgan fingerprint density at radius 3 is 2.62 bits per heavy atom. The van der Waals surface area contributed by atoms with Crippen molar-refractivity contribution in [1.82, 2.24) is 4.98 Å². The fraction of sp³-hybridized carbons (Fsp3) is 0.0952. The van der Waals surface area contributed by atoms with Gasteiger partial charge >= 0.3 is 5.97 Å². The molecular formula is C21H16N2O2S. The predicted octanol–water partition coefficient (Wildman–Crippen LogP) is 4.75. The normalized spacial score (nSPS) is 10.6. The second kappa shape index (κ2) is 8.24. The second-order valence-electron chi connectivity index (χ2n) is 5.68. The zero-order valence-electron chi connectivity index (χ0n) is 14.2. The summed E-state index contributed by atoms with van der Waals surface area (Å²) in [7, 11) is 0. The molecule has 0 atom stereocenters. The first-order valence-corrected chi connectivity index (χ1v) is 8.88. The number of benzene rings is 2. The van der Waals surface area contributed by atoms with Crippen molar-refractivity contribution in [2.75, 3.05) is 0 Å². The quantitative estimate of drug-likeness (QED) is 0.487. The highest BCUT2D eigenvalue weighted by molar-refractivity contribution is 7.13. The van der Waals surface area contributed by atoms with Crippen LogP contribution in [0.5, 0.6) is 0 Å². The van der Waals surface area contributed by atoms with Crippen LogP contribution in [-0.4, -0.2) is 11.0 Å². The highest BCUT2D eigenvalue weighted by Crippen LogP contribution is 2.24. The van der Waals surface area contributed by atoms with Crippen molar-refractivity contribution in [3.63, 3.8) is 0 Å². The lowest BCUT2D eigenvalue weighted by Crippen LogP contribution is -2.00. The maximum Gasteiger partial charge on any atom is 0.331 e. The van der Waals surface area contributed by atoms with Crippen molar-refractivity contribution in [1.29, 1.82) is 5.26 Å². The minimum absolute atomic E-state index is 0.138. The maximum atomic E-state index is 11.8. The van der Waals surface area contributed by atoms with E-state index < -0.39 is 5.97 Å². The molecule has 0 N–H and O–H groups in total. The lowest BCUT2D eigenvalue weighted by Gasteiger charge is -1.99. The minimum atomic E-state index is -0.431. The summed E-state index contributed by atoms with van der Waals surface area (Å²) >= 11 is 1.53. The zero-order chi connectivity index (χ0) is 18.4. The highest BCUT2D eigenvalue weighted by Gasteiger charge is 2.06. The van der Waals surface area contributed by atoms with Crippen LogP contribution in [0.2, 0.25) is 0 Å². The Morgan fingerprint density at radius 1 is 1.19 bits per heavy atom. The third-order valence-electron chi connectivity index (χ3n) is 3.66. The first-order chi connectivity index (χ1) is 12.6. The molecule has 1 heterocycles. The van der Waals surface area contributed by atoms with Gasteiger partial charge in [0.1, 0.15) is 11.6 Å². The van der Waals surface area contributed by atoms with Crippen molar-refractivity contribution in [2.24, 2.45) is 0 Å². The van der Waals surface area contributed by atoms with E-state index in [4.69, 9.17) is 10.00 Å². The molecule has 3 rings (SSSR count). The largest absolute Gasteiger partial charge is 0.456 e. The minimum Gasteiger partial charge on any atom is -0.456 e. The molecular weight excluding hydrogens is 344 g/mol. The van der Waals surface area contributed by atoms with Gasteiger partial charge in [-0.05, 0) is 30.7 Å². The molecule has 0 spiro atoms. The molecule has 3 aromatic rings. The molecule has 0 aliphatic heterocycles. The van der Waals surface area contributed by atoms with Gasteiger partial charge in [0.15, 0.2) is 0 Å². The molecule has 26 heavy (non-hydrogen) atoms. The smallest absolute Gasteiger partial charge is 0.331 e. The van der Waals surface area contributed by atoms with Crippen LogP contribution in [0, 0.1) is 18.3 Å². The van der Waals surface area contributed by atoms with E-state index in [1.54, 1.807) is 30.3 Å². The molecule has 2 aromatic carbocycles. The number of thiazole rings is 1. The molecule has 0 radical (unpaired) electrons. The Labute approximate surface area is 156 Å². The Bertz CT molecular complexity index is 964. The maximum absolute atomic E-state index is 11.8. The van der Waals surface area contributed by atoms with E-state index in [-0.39, 0.29) is 6.61 Å². The summed E-state index contributed by atoms with van der Waals surface area (Å²) in [6.07, 6.45) is 3.02. The average molecular weight is 360 g/mol. The molecule has 5 heteroatoms. The molecule has 0 fully saturated rings. The fourth-order valence-electron chi connectivity index (χ4n) is 2.23. The Morgan fingerprint density at radius 2 is 1.92 bits per heavy atom. The third-order valence-corrected chi connectivity index (χ3v) is 4.60. The van der Waals surface area contributed by atoms with Crippen LogP contribution >= 0.6 is 11.3 Å². The number of hydrogen-bond acceptors (Lipinski definition) is 5. The Kier molecular flexibility index (Phi) is 5.57. The standard InChI is InChI=1S/C21H16N2O2S/c1-15-2-9-18(10-3-15)21-23-19(14-26-21)13-25-20(24)11-8-16-4-6-17(12-22)7-5-16/h2-11,14H,13H2,1H3/b11-8+. The zero-order valence-corrected chi connectivity index (χ0v) is 15.0. The van der Waals surface area contributed by atoms with Gasteiger partial charge in [-0.2, -0.15) is 5.26 Å². The molecule has 0 amide bonds. The SMILES string of the molecule is Cc1ccc(-c2nc(COC(=O)/C=C/c3ccc(C#N)cc3)cs2)cc1. The number of carbonyl (C=O) groups is 1. The van der Waals surface area contributed by atoms with Crippen LogP contribution in [0.4, 0.5) is 0 Å². The van der Waals surface area contributed by atoms with Gasteiger partial charge in [0.05, 0.1) is 17.3 Å². The van der Waals surface area contributed by atoms with Crippen molar-refractivity contribution in [3.05, 3.63) is 82.4 Å². The topological polar surface area (TPSA) is 63.0 Å². The summed E-state index contributed by atoms with van der Waals surface area (Å²) < 4.78 is 5.23. The molecule has 0 saturated heterocycles. The van der Waals surface area contributed by atoms with E-state index in [2.05, 4.69) is 11.1 Å². The summed E-state index contributed by atoms with van der Waals surface area (Å²) in [6.45, 7) is 2.18. The van der Waals surface area contributed by atoms with Crippen LogP contribution in [0.3, 0.4) is 0 Å². The number of ether oxygens (including phenoxy) is 1. The van der Waals surface area contributed by atoms with Crippen LogP contribution < -0.4 is 0 Å². The van der Waals surface area contributed by atoms with Crippen molar-refractivity contribution >= 4 is 23.4 Å². The Hall–Kier alpha value is -3.23. The molecule has 1 aromatic heterocycles. The van der Waals surface area contributed by atoms with E-state index in [9.17, 15) is 4.79 Å². The number of nitrogens with zero attached hydrogens (tertiary/aromatic N) is 2. The lowest BCUT2D eigenvalue weighted by atomic mass is 10.1. The van der Waals surface area contributed by atoms with Gasteiger partial charge in [-0.15, -0.1) is 11.3 Å². The lowest BCUT2D eigenvalue weighted by molar-refractivity contribution is -0.139. The molecule has 4 nitrogen and oxygen atoms in total. The summed E-state index contributed by atoms with van der Waals surface area (Å²) in [5.74, 6) is -0.431. The fourth-order valence-corrected chi connectivity index (χ4v) is 3.04. The predicted molar refractivity (Wildman–Crippen MR) is 102 cm³/mol. The number of nitriles is 1. The monoisotopic (exact) mass is 360 g/mol. The van der Waals surface area contributed by atoms with Gasteiger partial charge in [-0.3, -0.25) is 0 Å². The van der Waals surface area contributed by atoms with Gasteiger partial charge in [0.2, 0.25) is 0 Å². The Balaban J connectivity index is 1.55. The van der Waals surface area contributed by atoms with E-state index in [1.165, 1.54) is 23.0 Å². The second-order valence-corrected chi connectivity index (χ2v) is 6.54. The number of esters is 1. The number of hydrogen-bond donors (Lipinski definition) is 0. The number of carbonyl (C=O) groups excluding carboxylic acids is 1. The number of rotatable bonds is 5. The highest BCUT2D eigenvalue weighted by atomic mass is 32.1. The van der Waals surface area contributed by atoms with Crippen LogP contribution in [0.15, 0.2) is 60.0 Å². The molecule has 0 aliphatic carbocycles. The van der Waals surface area contributed by atoms with Gasteiger partial charge < -0.3 is 4.74 Å². The van der Waals surface area contributed by atoms with Crippen molar-refractivity contribution in [3.8, 4) is 16.6 Å². The molecule has 0 aliphatic rings. The van der Waals surface area contributed by atoms with E-state index >= 15 is 0 Å². The van der Waals surface area contributed by atoms with E-state index in [0.717, 1.165) is 21.8 Å². The van der Waals surface area contributed by atoms with Gasteiger partial charge in [-0.25, -0.2) is 9.78 Å². The van der Waals surface area contributed by atoms with Gasteiger partial charge in [0.25, 0.3) is 0 Å². The van der Waals surface area contributed by atoms with Crippen molar-refractivity contribution in [2.45, 2.75) is 13.5 Å². The summed E-state index contributed by atoms with van der Waals surface area (Å²) in [5.41, 5.74) is 4.40. The van der Waals surface area contributed by atoms with Gasteiger partial charge in [0, 0.05) is 17.0 Å². The molecule has 0 bridgehead atoms. The third kappa shape index (κ3) is 4.65. The summed E-state index contributed by atoms with van der Waals surface area (Å²) in [5, 5.41) is 11.6. The summed E-state index contributed by atoms with van der Waals surface area (Å²) in [6, 6.07) is 17.2. The first kappa shape index (κ1) is 17.6. The average Bonchev–Trinajstić information content (AvgIpc) is 3.14. The molecule has 0 unspecified atom stereocenters. The summed E-state index contributed by atoms with van der Waals surface area (Å²) in [4.78, 5) is 16.3. The molecule has 128 valence electrons. The van der Waals surface area contributed by atoms with Crippen LogP contribution in [-0.2, 0) is 16.1 Å². The van der Waals surface area contributed by atoms with Crippen LogP contribution in [0.1, 0.15) is 22.4 Å².